The molecule has 0 bridgehead atoms. The molecule has 1 aliphatic heterocycles. The summed E-state index contributed by atoms with van der Waals surface area (Å²) in [5.41, 5.74) is 1.38. The Morgan fingerprint density at radius 2 is 2.06 bits per heavy atom. The van der Waals surface area contributed by atoms with Crippen molar-refractivity contribution in [2.24, 2.45) is 0 Å². The van der Waals surface area contributed by atoms with E-state index in [1.165, 1.54) is 5.56 Å². The molecule has 1 aromatic rings. The second kappa shape index (κ2) is 4.15. The van der Waals surface area contributed by atoms with E-state index >= 15 is 0 Å². The predicted molar refractivity (Wildman–Crippen MR) is 66.6 cm³/mol. The van der Waals surface area contributed by atoms with E-state index in [1.54, 1.807) is 25.7 Å². The van der Waals surface area contributed by atoms with Gasteiger partial charge in [0.25, 0.3) is 0 Å². The maximum atomic E-state index is 11.7. The fraction of sp³-hybridized carbons (Fsp3) is 0.500. The summed E-state index contributed by atoms with van der Waals surface area (Å²) in [6, 6.07) is 7.80. The van der Waals surface area contributed by atoms with E-state index in [1.807, 2.05) is 18.2 Å². The summed E-state index contributed by atoms with van der Waals surface area (Å²) in [7, 11) is 0. The van der Waals surface area contributed by atoms with Crippen molar-refractivity contribution in [3.8, 4) is 0 Å². The second-order valence-corrected chi connectivity index (χ2v) is 5.22. The molecule has 17 heavy (non-hydrogen) atoms. The highest BCUT2D eigenvalue weighted by molar-refractivity contribution is 5.74. The first kappa shape index (κ1) is 12.1. The van der Waals surface area contributed by atoms with Crippen LogP contribution in [-0.4, -0.2) is 28.1 Å². The van der Waals surface area contributed by atoms with E-state index in [0.717, 1.165) is 12.0 Å². The zero-order valence-electron chi connectivity index (χ0n) is 10.6. The van der Waals surface area contributed by atoms with Gasteiger partial charge in [0.15, 0.2) is 0 Å². The molecule has 2 rings (SSSR count). The van der Waals surface area contributed by atoms with Crippen LogP contribution in [0.4, 0.5) is 0 Å². The second-order valence-electron chi connectivity index (χ2n) is 5.22. The lowest BCUT2D eigenvalue weighted by Crippen LogP contribution is -2.48. The summed E-state index contributed by atoms with van der Waals surface area (Å²) < 4.78 is 0. The molecule has 1 aliphatic rings. The summed E-state index contributed by atoms with van der Waals surface area (Å²) in [5, 5.41) is 10.3. The van der Waals surface area contributed by atoms with Crippen molar-refractivity contribution < 1.29 is 9.90 Å². The Bertz CT molecular complexity index is 434. The fourth-order valence-electron chi connectivity index (χ4n) is 2.67. The first-order valence-electron chi connectivity index (χ1n) is 5.98. The Morgan fingerprint density at radius 3 is 2.65 bits per heavy atom. The van der Waals surface area contributed by atoms with Gasteiger partial charge < -0.3 is 10.0 Å². The molecule has 0 fully saturated rings. The highest BCUT2D eigenvalue weighted by Gasteiger charge is 2.38. The van der Waals surface area contributed by atoms with Gasteiger partial charge in [-0.3, -0.25) is 4.79 Å². The molecule has 0 aliphatic carbocycles. The van der Waals surface area contributed by atoms with Gasteiger partial charge in [-0.1, -0.05) is 24.3 Å². The summed E-state index contributed by atoms with van der Waals surface area (Å²) in [4.78, 5) is 13.4. The van der Waals surface area contributed by atoms with Gasteiger partial charge in [0.1, 0.15) is 0 Å². The predicted octanol–water partition coefficient (Wildman–Crippen LogP) is 1.90. The van der Waals surface area contributed by atoms with Crippen LogP contribution in [0, 0.1) is 0 Å². The summed E-state index contributed by atoms with van der Waals surface area (Å²) in [5.74, 6) is 0.0200. The standard InChI is InChI=1S/C14H19NO2/c1-10(16)15-9-8-11-6-4-5-7-12(11)13(15)14(2,3)17/h4-7,13,17H,8-9H2,1-3H3. The Labute approximate surface area is 102 Å². The van der Waals surface area contributed by atoms with Gasteiger partial charge >= 0.3 is 0 Å². The van der Waals surface area contributed by atoms with Crippen LogP contribution in [0.2, 0.25) is 0 Å². The molecule has 1 aromatic carbocycles. The molecular weight excluding hydrogens is 214 g/mol. The normalized spacial score (nSPS) is 20.0. The number of fused-ring (bicyclic) bond motifs is 1. The minimum atomic E-state index is -0.928. The maximum absolute atomic E-state index is 11.7. The monoisotopic (exact) mass is 233 g/mol. The molecule has 0 spiro atoms. The van der Waals surface area contributed by atoms with Gasteiger partial charge in [0.2, 0.25) is 5.91 Å². The first-order chi connectivity index (χ1) is 7.91. The number of carbonyl (C=O) groups is 1. The van der Waals surface area contributed by atoms with Crippen molar-refractivity contribution in [2.75, 3.05) is 6.54 Å². The van der Waals surface area contributed by atoms with Crippen molar-refractivity contribution in [3.63, 3.8) is 0 Å². The minimum Gasteiger partial charge on any atom is -0.388 e. The molecule has 92 valence electrons. The Morgan fingerprint density at radius 1 is 1.41 bits per heavy atom. The zero-order chi connectivity index (χ0) is 12.6. The number of amides is 1. The lowest BCUT2D eigenvalue weighted by atomic mass is 9.83. The zero-order valence-corrected chi connectivity index (χ0v) is 10.6. The van der Waals surface area contributed by atoms with Crippen LogP contribution >= 0.6 is 0 Å². The molecule has 0 saturated carbocycles. The Kier molecular flexibility index (Phi) is 2.96. The molecule has 1 atom stereocenters. The maximum Gasteiger partial charge on any atom is 0.220 e. The van der Waals surface area contributed by atoms with E-state index in [-0.39, 0.29) is 11.9 Å². The molecule has 1 unspecified atom stereocenters. The van der Waals surface area contributed by atoms with Gasteiger partial charge in [-0.25, -0.2) is 0 Å². The Balaban J connectivity index is 2.50. The number of benzene rings is 1. The molecule has 0 radical (unpaired) electrons. The van der Waals surface area contributed by atoms with Crippen LogP contribution in [0.3, 0.4) is 0 Å². The van der Waals surface area contributed by atoms with E-state index in [2.05, 4.69) is 6.07 Å². The summed E-state index contributed by atoms with van der Waals surface area (Å²) >= 11 is 0. The fourth-order valence-corrected chi connectivity index (χ4v) is 2.67. The number of aliphatic hydroxyl groups is 1. The van der Waals surface area contributed by atoms with Crippen LogP contribution < -0.4 is 0 Å². The highest BCUT2D eigenvalue weighted by Crippen LogP contribution is 2.37. The van der Waals surface area contributed by atoms with Crippen LogP contribution in [0.15, 0.2) is 24.3 Å². The number of hydrogen-bond acceptors (Lipinski definition) is 2. The summed E-state index contributed by atoms with van der Waals surface area (Å²) in [6.45, 7) is 5.76. The Hall–Kier alpha value is -1.35. The smallest absolute Gasteiger partial charge is 0.220 e. The quantitative estimate of drug-likeness (QED) is 0.805. The third-order valence-corrected chi connectivity index (χ3v) is 3.36. The minimum absolute atomic E-state index is 0.0200. The summed E-state index contributed by atoms with van der Waals surface area (Å²) in [6.07, 6.45) is 0.863. The topological polar surface area (TPSA) is 40.5 Å². The van der Waals surface area contributed by atoms with Crippen molar-refractivity contribution in [2.45, 2.75) is 38.8 Å². The van der Waals surface area contributed by atoms with E-state index in [0.29, 0.717) is 6.54 Å². The molecule has 1 N–H and O–H groups in total. The van der Waals surface area contributed by atoms with Gasteiger partial charge in [-0.15, -0.1) is 0 Å². The van der Waals surface area contributed by atoms with E-state index < -0.39 is 5.60 Å². The van der Waals surface area contributed by atoms with Crippen molar-refractivity contribution in [1.29, 1.82) is 0 Å². The average Bonchev–Trinajstić information content (AvgIpc) is 2.26. The molecule has 1 heterocycles. The molecule has 1 amide bonds. The SMILES string of the molecule is CC(=O)N1CCc2ccccc2C1C(C)(C)O. The molecule has 3 nitrogen and oxygen atoms in total. The van der Waals surface area contributed by atoms with Crippen molar-refractivity contribution in [3.05, 3.63) is 35.4 Å². The number of hydrogen-bond donors (Lipinski definition) is 1. The third kappa shape index (κ3) is 2.20. The van der Waals surface area contributed by atoms with Gasteiger partial charge in [0, 0.05) is 13.5 Å². The van der Waals surface area contributed by atoms with Crippen LogP contribution in [0.1, 0.15) is 37.9 Å². The van der Waals surface area contributed by atoms with Crippen molar-refractivity contribution in [1.82, 2.24) is 4.90 Å². The first-order valence-corrected chi connectivity index (χ1v) is 5.98. The van der Waals surface area contributed by atoms with Crippen LogP contribution in [-0.2, 0) is 11.2 Å². The van der Waals surface area contributed by atoms with Gasteiger partial charge in [0.05, 0.1) is 11.6 Å². The number of nitrogens with zero attached hydrogens (tertiary/aromatic N) is 1. The van der Waals surface area contributed by atoms with Crippen LogP contribution in [0.25, 0.3) is 0 Å². The molecule has 0 saturated heterocycles. The van der Waals surface area contributed by atoms with Crippen LogP contribution in [0.5, 0.6) is 0 Å². The van der Waals surface area contributed by atoms with Gasteiger partial charge in [-0.2, -0.15) is 0 Å². The van der Waals surface area contributed by atoms with E-state index in [9.17, 15) is 9.90 Å². The third-order valence-electron chi connectivity index (χ3n) is 3.36. The largest absolute Gasteiger partial charge is 0.388 e. The van der Waals surface area contributed by atoms with Crippen molar-refractivity contribution >= 4 is 5.91 Å². The van der Waals surface area contributed by atoms with Gasteiger partial charge in [-0.05, 0) is 31.4 Å². The van der Waals surface area contributed by atoms with E-state index in [4.69, 9.17) is 0 Å². The average molecular weight is 233 g/mol. The molecule has 3 heteroatoms. The molecule has 0 aromatic heterocycles. The number of carbonyl (C=O) groups excluding carboxylic acids is 1. The highest BCUT2D eigenvalue weighted by atomic mass is 16.3. The lowest BCUT2D eigenvalue weighted by Gasteiger charge is -2.43. The number of rotatable bonds is 1. The lowest BCUT2D eigenvalue weighted by molar-refractivity contribution is -0.138. The molecular formula is C14H19NO2.